The van der Waals surface area contributed by atoms with E-state index in [1.807, 2.05) is 0 Å². The van der Waals surface area contributed by atoms with Gasteiger partial charge in [-0.3, -0.25) is 4.79 Å². The molecule has 0 aliphatic rings. The van der Waals surface area contributed by atoms with E-state index in [2.05, 4.69) is 5.32 Å². The number of carbonyl (C=O) groups is 2. The highest BCUT2D eigenvalue weighted by Crippen LogP contribution is 2.13. The molecule has 7 heteroatoms. The van der Waals surface area contributed by atoms with Crippen molar-refractivity contribution >= 4 is 11.9 Å². The maximum atomic E-state index is 12.7. The van der Waals surface area contributed by atoms with Crippen molar-refractivity contribution in [2.75, 3.05) is 19.8 Å². The van der Waals surface area contributed by atoms with Gasteiger partial charge in [0.25, 0.3) is 0 Å². The first-order valence-corrected chi connectivity index (χ1v) is 6.02. The number of aliphatic carboxylic acids is 1. The van der Waals surface area contributed by atoms with Crippen LogP contribution in [-0.4, -0.2) is 42.8 Å². The molecule has 1 amide bonds. The van der Waals surface area contributed by atoms with E-state index >= 15 is 0 Å². The summed E-state index contributed by atoms with van der Waals surface area (Å²) in [6, 6.07) is 4.93. The molecule has 2 N–H and O–H groups in total. The Morgan fingerprint density at radius 2 is 2.00 bits per heavy atom. The lowest BCUT2D eigenvalue weighted by Crippen LogP contribution is -2.41. The number of halogens is 1. The van der Waals surface area contributed by atoms with Crippen LogP contribution in [0.15, 0.2) is 24.3 Å². The Balaban J connectivity index is 2.50. The number of carboxylic acids is 1. The van der Waals surface area contributed by atoms with Crippen molar-refractivity contribution in [2.45, 2.75) is 13.0 Å². The van der Waals surface area contributed by atoms with Gasteiger partial charge in [-0.25, -0.2) is 9.18 Å². The maximum Gasteiger partial charge on any atom is 0.346 e. The zero-order chi connectivity index (χ0) is 15.0. The lowest BCUT2D eigenvalue weighted by molar-refractivity contribution is -0.145. The Hall–Kier alpha value is -2.15. The summed E-state index contributed by atoms with van der Waals surface area (Å²) in [7, 11) is 0. The average molecular weight is 285 g/mol. The normalized spacial score (nSPS) is 11.7. The van der Waals surface area contributed by atoms with Crippen molar-refractivity contribution < 1.29 is 28.6 Å². The van der Waals surface area contributed by atoms with Gasteiger partial charge in [0.1, 0.15) is 18.2 Å². The number of rotatable bonds is 8. The van der Waals surface area contributed by atoms with E-state index in [1.165, 1.54) is 12.1 Å². The predicted octanol–water partition coefficient (Wildman–Crippen LogP) is 0.810. The zero-order valence-corrected chi connectivity index (χ0v) is 11.0. The van der Waals surface area contributed by atoms with Crippen LogP contribution in [0.4, 0.5) is 4.39 Å². The molecular formula is C13H16FNO5. The van der Waals surface area contributed by atoms with Crippen molar-refractivity contribution in [2.24, 2.45) is 0 Å². The second-order valence-corrected chi connectivity index (χ2v) is 3.84. The summed E-state index contributed by atoms with van der Waals surface area (Å²) in [4.78, 5) is 22.3. The summed E-state index contributed by atoms with van der Waals surface area (Å²) in [5, 5.41) is 11.4. The Bertz CT molecular complexity index is 449. The van der Waals surface area contributed by atoms with E-state index in [-0.39, 0.29) is 18.9 Å². The highest BCUT2D eigenvalue weighted by atomic mass is 19.1. The Kier molecular flexibility index (Phi) is 6.45. The molecule has 0 aliphatic carbocycles. The molecule has 0 saturated heterocycles. The largest absolute Gasteiger partial charge is 0.478 e. The number of hydrogen-bond donors (Lipinski definition) is 2. The monoisotopic (exact) mass is 285 g/mol. The summed E-state index contributed by atoms with van der Waals surface area (Å²) in [6.07, 6.45) is -1.26. The van der Waals surface area contributed by atoms with Gasteiger partial charge in [0.05, 0.1) is 6.54 Å². The fraction of sp³-hybridized carbons (Fsp3) is 0.385. The van der Waals surface area contributed by atoms with Crippen molar-refractivity contribution in [3.8, 4) is 5.75 Å². The summed E-state index contributed by atoms with van der Waals surface area (Å²) >= 11 is 0. The van der Waals surface area contributed by atoms with Gasteiger partial charge in [-0.1, -0.05) is 0 Å². The third-order valence-electron chi connectivity index (χ3n) is 2.29. The third kappa shape index (κ3) is 5.66. The molecule has 20 heavy (non-hydrogen) atoms. The van der Waals surface area contributed by atoms with Crippen LogP contribution < -0.4 is 10.1 Å². The Labute approximate surface area is 115 Å². The first-order chi connectivity index (χ1) is 9.52. The van der Waals surface area contributed by atoms with Crippen molar-refractivity contribution in [3.05, 3.63) is 30.1 Å². The number of nitrogens with one attached hydrogen (secondary N) is 1. The van der Waals surface area contributed by atoms with Crippen molar-refractivity contribution in [1.29, 1.82) is 0 Å². The highest BCUT2D eigenvalue weighted by molar-refractivity contribution is 5.79. The molecule has 1 unspecified atom stereocenters. The maximum absolute atomic E-state index is 12.7. The number of hydrogen-bond acceptors (Lipinski definition) is 4. The van der Waals surface area contributed by atoms with Gasteiger partial charge in [0.2, 0.25) is 12.0 Å². The van der Waals surface area contributed by atoms with E-state index in [0.717, 1.165) is 12.1 Å². The smallest absolute Gasteiger partial charge is 0.346 e. The van der Waals surface area contributed by atoms with E-state index in [0.29, 0.717) is 6.61 Å². The molecule has 0 spiro atoms. The zero-order valence-electron chi connectivity index (χ0n) is 11.0. The lowest BCUT2D eigenvalue weighted by atomic mass is 10.3. The molecule has 0 aliphatic heterocycles. The van der Waals surface area contributed by atoms with Gasteiger partial charge in [-0.05, 0) is 31.2 Å². The predicted molar refractivity (Wildman–Crippen MR) is 68.0 cm³/mol. The molecule has 110 valence electrons. The van der Waals surface area contributed by atoms with Gasteiger partial charge in [-0.15, -0.1) is 0 Å². The first kappa shape index (κ1) is 15.9. The van der Waals surface area contributed by atoms with Crippen LogP contribution in [0, 0.1) is 5.82 Å². The summed E-state index contributed by atoms with van der Waals surface area (Å²) in [5.41, 5.74) is 0. The van der Waals surface area contributed by atoms with E-state index in [4.69, 9.17) is 14.6 Å². The van der Waals surface area contributed by atoms with Crippen LogP contribution in [-0.2, 0) is 14.3 Å². The van der Waals surface area contributed by atoms with Crippen LogP contribution in [0.2, 0.25) is 0 Å². The molecule has 0 radical (unpaired) electrons. The average Bonchev–Trinajstić information content (AvgIpc) is 2.42. The standard InChI is InChI=1S/C13H16FNO5/c1-2-19-8-12(16)15-7-11(13(17)18)20-10-5-3-9(14)4-6-10/h3-6,11H,2,7-8H2,1H3,(H,15,16)(H,17,18). The third-order valence-corrected chi connectivity index (χ3v) is 2.29. The van der Waals surface area contributed by atoms with Crippen LogP contribution in [0.25, 0.3) is 0 Å². The van der Waals surface area contributed by atoms with Crippen LogP contribution >= 0.6 is 0 Å². The molecule has 6 nitrogen and oxygen atoms in total. The molecular weight excluding hydrogens is 269 g/mol. The molecule has 1 aromatic rings. The number of amides is 1. The van der Waals surface area contributed by atoms with Crippen LogP contribution in [0.5, 0.6) is 5.75 Å². The Morgan fingerprint density at radius 1 is 1.35 bits per heavy atom. The summed E-state index contributed by atoms with van der Waals surface area (Å²) in [5.74, 6) is -1.90. The summed E-state index contributed by atoms with van der Waals surface area (Å²) < 4.78 is 22.8. The van der Waals surface area contributed by atoms with Gasteiger partial charge < -0.3 is 19.9 Å². The fourth-order valence-electron chi connectivity index (χ4n) is 1.31. The molecule has 0 saturated carbocycles. The molecule has 1 atom stereocenters. The Morgan fingerprint density at radius 3 is 2.55 bits per heavy atom. The fourth-order valence-corrected chi connectivity index (χ4v) is 1.31. The quantitative estimate of drug-likeness (QED) is 0.738. The second-order valence-electron chi connectivity index (χ2n) is 3.84. The second kappa shape index (κ2) is 8.11. The SMILES string of the molecule is CCOCC(=O)NCC(Oc1ccc(F)cc1)C(=O)O. The number of carboxylic acid groups (broad SMARTS) is 1. The molecule has 0 heterocycles. The number of ether oxygens (including phenoxy) is 2. The van der Waals surface area contributed by atoms with Gasteiger partial charge in [-0.2, -0.15) is 0 Å². The van der Waals surface area contributed by atoms with Gasteiger partial charge in [0.15, 0.2) is 0 Å². The van der Waals surface area contributed by atoms with E-state index < -0.39 is 23.8 Å². The summed E-state index contributed by atoms with van der Waals surface area (Å²) in [6.45, 7) is 1.78. The number of benzene rings is 1. The van der Waals surface area contributed by atoms with Crippen LogP contribution in [0.3, 0.4) is 0 Å². The minimum Gasteiger partial charge on any atom is -0.478 e. The van der Waals surface area contributed by atoms with Gasteiger partial charge >= 0.3 is 5.97 Å². The van der Waals surface area contributed by atoms with Gasteiger partial charge in [0, 0.05) is 6.61 Å². The molecule has 0 bridgehead atoms. The van der Waals surface area contributed by atoms with Crippen molar-refractivity contribution in [3.63, 3.8) is 0 Å². The number of carbonyl (C=O) groups excluding carboxylic acids is 1. The van der Waals surface area contributed by atoms with Crippen LogP contribution in [0.1, 0.15) is 6.92 Å². The van der Waals surface area contributed by atoms with E-state index in [1.54, 1.807) is 6.92 Å². The topological polar surface area (TPSA) is 84.9 Å². The van der Waals surface area contributed by atoms with E-state index in [9.17, 15) is 14.0 Å². The molecule has 1 rings (SSSR count). The molecule has 0 aromatic heterocycles. The lowest BCUT2D eigenvalue weighted by Gasteiger charge is -2.15. The molecule has 0 fully saturated rings. The molecule has 1 aromatic carbocycles. The highest BCUT2D eigenvalue weighted by Gasteiger charge is 2.20. The minimum atomic E-state index is -1.26. The minimum absolute atomic E-state index is 0.139. The van der Waals surface area contributed by atoms with Crippen molar-refractivity contribution in [1.82, 2.24) is 5.32 Å². The first-order valence-electron chi connectivity index (χ1n) is 6.02.